The average Bonchev–Trinajstić information content (AvgIpc) is 2.39. The first kappa shape index (κ1) is 11.6. The molecule has 3 rings (SSSR count). The third-order valence-corrected chi connectivity index (χ3v) is 3.44. The summed E-state index contributed by atoms with van der Waals surface area (Å²) in [5, 5.41) is 4.12. The molecule has 2 heterocycles. The van der Waals surface area contributed by atoms with Crippen LogP contribution in [0.25, 0.3) is 10.8 Å². The van der Waals surface area contributed by atoms with Gasteiger partial charge in [-0.1, -0.05) is 12.1 Å². The highest BCUT2D eigenvalue weighted by molar-refractivity contribution is 6.03. The number of carbonyl (C=O) groups is 2. The summed E-state index contributed by atoms with van der Waals surface area (Å²) in [5.41, 5.74) is 7.28. The number of nitrogens with one attached hydrogen (secondary N) is 1. The number of amides is 2. The van der Waals surface area contributed by atoms with Crippen LogP contribution in [-0.2, 0) is 9.59 Å². The Morgan fingerprint density at radius 1 is 1.21 bits per heavy atom. The molecule has 96 valence electrons. The number of rotatable bonds is 1. The van der Waals surface area contributed by atoms with Crippen LogP contribution in [0.2, 0.25) is 0 Å². The number of aromatic nitrogens is 1. The fraction of sp³-hybridized carbons (Fsp3) is 0.214. The summed E-state index contributed by atoms with van der Waals surface area (Å²) in [5.74, 6) is -0.886. The van der Waals surface area contributed by atoms with Crippen LogP contribution in [0.4, 0.5) is 5.69 Å². The van der Waals surface area contributed by atoms with Crippen molar-refractivity contribution in [3.05, 3.63) is 36.2 Å². The maximum absolute atomic E-state index is 11.9. The molecule has 19 heavy (non-hydrogen) atoms. The average molecular weight is 255 g/mol. The monoisotopic (exact) mass is 255 g/mol. The molecular weight excluding hydrogens is 242 g/mol. The van der Waals surface area contributed by atoms with E-state index in [1.54, 1.807) is 6.20 Å². The number of nitrogen functional groups attached to an aromatic ring is 1. The van der Waals surface area contributed by atoms with Crippen LogP contribution >= 0.6 is 0 Å². The molecule has 1 aliphatic heterocycles. The van der Waals surface area contributed by atoms with Crippen LogP contribution in [-0.4, -0.2) is 16.8 Å². The minimum atomic E-state index is -0.386. The van der Waals surface area contributed by atoms with Crippen LogP contribution in [0.15, 0.2) is 30.5 Å². The molecule has 0 radical (unpaired) electrons. The molecule has 1 atom stereocenters. The van der Waals surface area contributed by atoms with Crippen molar-refractivity contribution in [2.45, 2.75) is 18.8 Å². The van der Waals surface area contributed by atoms with Crippen LogP contribution in [0.3, 0.4) is 0 Å². The lowest BCUT2D eigenvalue weighted by atomic mass is 9.91. The quantitative estimate of drug-likeness (QED) is 0.594. The zero-order valence-corrected chi connectivity index (χ0v) is 10.2. The molecular formula is C14H13N3O2. The maximum atomic E-state index is 11.9. The molecule has 0 spiro atoms. The van der Waals surface area contributed by atoms with Crippen molar-refractivity contribution in [1.29, 1.82) is 0 Å². The van der Waals surface area contributed by atoms with Gasteiger partial charge in [0.1, 0.15) is 0 Å². The fourth-order valence-electron chi connectivity index (χ4n) is 2.49. The van der Waals surface area contributed by atoms with E-state index in [1.165, 1.54) is 0 Å². The van der Waals surface area contributed by atoms with E-state index in [1.807, 2.05) is 24.3 Å². The SMILES string of the molecule is Nc1cccc2c(C3CCC(=O)NC3=O)nccc12. The van der Waals surface area contributed by atoms with Gasteiger partial charge in [0.25, 0.3) is 0 Å². The van der Waals surface area contributed by atoms with Crippen LogP contribution in [0.5, 0.6) is 0 Å². The number of nitrogens with two attached hydrogens (primary N) is 1. The highest BCUT2D eigenvalue weighted by Crippen LogP contribution is 2.31. The van der Waals surface area contributed by atoms with E-state index < -0.39 is 0 Å². The largest absolute Gasteiger partial charge is 0.398 e. The van der Waals surface area contributed by atoms with E-state index in [9.17, 15) is 9.59 Å². The second-order valence-electron chi connectivity index (χ2n) is 4.64. The molecule has 5 heteroatoms. The number of pyridine rings is 1. The van der Waals surface area contributed by atoms with Crippen LogP contribution < -0.4 is 11.1 Å². The predicted octanol–water partition coefficient (Wildman–Crippen LogP) is 1.34. The summed E-state index contributed by atoms with van der Waals surface area (Å²) < 4.78 is 0. The molecule has 0 bridgehead atoms. The summed E-state index contributed by atoms with van der Waals surface area (Å²) in [7, 11) is 0. The van der Waals surface area contributed by atoms with E-state index >= 15 is 0 Å². The van der Waals surface area contributed by atoms with Crippen molar-refractivity contribution in [3.8, 4) is 0 Å². The van der Waals surface area contributed by atoms with Gasteiger partial charge < -0.3 is 5.73 Å². The Hall–Kier alpha value is -2.43. The van der Waals surface area contributed by atoms with Crippen LogP contribution in [0, 0.1) is 0 Å². The molecule has 3 N–H and O–H groups in total. The maximum Gasteiger partial charge on any atom is 0.235 e. The number of benzene rings is 1. The molecule has 2 amide bonds. The summed E-state index contributed by atoms with van der Waals surface area (Å²) in [4.78, 5) is 27.4. The van der Waals surface area contributed by atoms with E-state index in [-0.39, 0.29) is 17.7 Å². The second-order valence-corrected chi connectivity index (χ2v) is 4.64. The molecule has 1 aliphatic rings. The van der Waals surface area contributed by atoms with Gasteiger partial charge in [0, 0.05) is 29.1 Å². The number of hydrogen-bond acceptors (Lipinski definition) is 4. The minimum Gasteiger partial charge on any atom is -0.398 e. The van der Waals surface area contributed by atoms with Crippen molar-refractivity contribution < 1.29 is 9.59 Å². The van der Waals surface area contributed by atoms with E-state index in [0.29, 0.717) is 24.2 Å². The normalized spacial score (nSPS) is 19.5. The number of piperidine rings is 1. The Bertz CT molecular complexity index is 681. The summed E-state index contributed by atoms with van der Waals surface area (Å²) in [6.45, 7) is 0. The Morgan fingerprint density at radius 3 is 2.84 bits per heavy atom. The lowest BCUT2D eigenvalue weighted by Gasteiger charge is -2.21. The number of fused-ring (bicyclic) bond motifs is 1. The van der Waals surface area contributed by atoms with Crippen molar-refractivity contribution in [2.24, 2.45) is 0 Å². The van der Waals surface area contributed by atoms with Crippen molar-refractivity contribution in [1.82, 2.24) is 10.3 Å². The number of nitrogens with zero attached hydrogens (tertiary/aromatic N) is 1. The first-order valence-electron chi connectivity index (χ1n) is 6.13. The molecule has 1 aromatic heterocycles. The fourth-order valence-corrected chi connectivity index (χ4v) is 2.49. The first-order chi connectivity index (χ1) is 9.16. The lowest BCUT2D eigenvalue weighted by Crippen LogP contribution is -2.39. The van der Waals surface area contributed by atoms with Crippen molar-refractivity contribution in [3.63, 3.8) is 0 Å². The van der Waals surface area contributed by atoms with Crippen molar-refractivity contribution >= 4 is 28.3 Å². The van der Waals surface area contributed by atoms with Gasteiger partial charge in [-0.3, -0.25) is 19.9 Å². The molecule has 1 unspecified atom stereocenters. The number of carbonyl (C=O) groups excluding carboxylic acids is 2. The Morgan fingerprint density at radius 2 is 2.05 bits per heavy atom. The van der Waals surface area contributed by atoms with Gasteiger partial charge in [-0.25, -0.2) is 0 Å². The minimum absolute atomic E-state index is 0.221. The van der Waals surface area contributed by atoms with Gasteiger partial charge >= 0.3 is 0 Å². The number of imide groups is 1. The molecule has 0 saturated carbocycles. The molecule has 2 aromatic rings. The third-order valence-electron chi connectivity index (χ3n) is 3.44. The van der Waals surface area contributed by atoms with E-state index in [0.717, 1.165) is 10.8 Å². The molecule has 1 saturated heterocycles. The summed E-state index contributed by atoms with van der Waals surface area (Å²) in [6, 6.07) is 7.39. The van der Waals surface area contributed by atoms with E-state index in [2.05, 4.69) is 10.3 Å². The Labute approximate surface area is 109 Å². The Kier molecular flexibility index (Phi) is 2.67. The summed E-state index contributed by atoms with van der Waals surface area (Å²) in [6.07, 6.45) is 2.49. The van der Waals surface area contributed by atoms with E-state index in [4.69, 9.17) is 5.73 Å². The zero-order chi connectivity index (χ0) is 13.4. The first-order valence-corrected chi connectivity index (χ1v) is 6.13. The lowest BCUT2D eigenvalue weighted by molar-refractivity contribution is -0.134. The van der Waals surface area contributed by atoms with Gasteiger partial charge in [0.05, 0.1) is 11.6 Å². The standard InChI is InChI=1S/C14H13N3O2/c15-11-3-1-2-9-8(11)6-7-16-13(9)10-4-5-12(18)17-14(10)19/h1-3,6-7,10H,4-5,15H2,(H,17,18,19). The molecule has 5 nitrogen and oxygen atoms in total. The third kappa shape index (κ3) is 1.93. The van der Waals surface area contributed by atoms with Crippen LogP contribution in [0.1, 0.15) is 24.5 Å². The topological polar surface area (TPSA) is 85.1 Å². The predicted molar refractivity (Wildman–Crippen MR) is 71.3 cm³/mol. The van der Waals surface area contributed by atoms with Gasteiger partial charge in [-0.2, -0.15) is 0 Å². The molecule has 1 fully saturated rings. The van der Waals surface area contributed by atoms with Gasteiger partial charge in [-0.15, -0.1) is 0 Å². The van der Waals surface area contributed by atoms with Gasteiger partial charge in [0.15, 0.2) is 0 Å². The molecule has 1 aromatic carbocycles. The highest BCUT2D eigenvalue weighted by atomic mass is 16.2. The second kappa shape index (κ2) is 4.35. The van der Waals surface area contributed by atoms with Gasteiger partial charge in [0.2, 0.25) is 11.8 Å². The zero-order valence-electron chi connectivity index (χ0n) is 10.2. The van der Waals surface area contributed by atoms with Crippen molar-refractivity contribution in [2.75, 3.05) is 5.73 Å². The number of anilines is 1. The highest BCUT2D eigenvalue weighted by Gasteiger charge is 2.30. The number of hydrogen-bond donors (Lipinski definition) is 2. The van der Waals surface area contributed by atoms with Gasteiger partial charge in [-0.05, 0) is 18.6 Å². The smallest absolute Gasteiger partial charge is 0.235 e. The molecule has 0 aliphatic carbocycles. The Balaban J connectivity index is 2.13. The summed E-state index contributed by atoms with van der Waals surface area (Å²) >= 11 is 0.